The predicted octanol–water partition coefficient (Wildman–Crippen LogP) is 4.25. The molecule has 1 N–H and O–H groups in total. The van der Waals surface area contributed by atoms with E-state index >= 15 is 0 Å². The van der Waals surface area contributed by atoms with Gasteiger partial charge in [-0.1, -0.05) is 60.7 Å². The minimum Gasteiger partial charge on any atom is -0.497 e. The number of hydrogen-bond acceptors (Lipinski definition) is 5. The Labute approximate surface area is 168 Å². The Kier molecular flexibility index (Phi) is 5.33. The maximum Gasteiger partial charge on any atom is 0.281 e. The summed E-state index contributed by atoms with van der Waals surface area (Å²) < 4.78 is 6.59. The van der Waals surface area contributed by atoms with Crippen LogP contribution in [0.4, 0.5) is 5.95 Å². The van der Waals surface area contributed by atoms with Gasteiger partial charge in [-0.15, -0.1) is 5.10 Å². The Morgan fingerprint density at radius 3 is 2.41 bits per heavy atom. The fourth-order valence-electron chi connectivity index (χ4n) is 2.94. The summed E-state index contributed by atoms with van der Waals surface area (Å²) in [4.78, 5) is 17.6. The third-order valence-electron chi connectivity index (χ3n) is 4.44. The first kappa shape index (κ1) is 18.4. The highest BCUT2D eigenvalue weighted by Crippen LogP contribution is 2.20. The fraction of sp³-hybridized carbons (Fsp3) is 0.0870. The van der Waals surface area contributed by atoms with Crippen molar-refractivity contribution in [2.24, 2.45) is 0 Å². The first-order chi connectivity index (χ1) is 14.2. The highest BCUT2D eigenvalue weighted by molar-refractivity contribution is 5.97. The van der Waals surface area contributed by atoms with Crippen LogP contribution in [0, 0.1) is 0 Å². The van der Waals surface area contributed by atoms with Gasteiger partial charge in [0.1, 0.15) is 5.75 Å². The van der Waals surface area contributed by atoms with Crippen molar-refractivity contribution in [3.05, 3.63) is 96.1 Å². The zero-order valence-electron chi connectivity index (χ0n) is 15.9. The molecule has 1 heterocycles. The van der Waals surface area contributed by atoms with Gasteiger partial charge in [-0.3, -0.25) is 4.79 Å². The summed E-state index contributed by atoms with van der Waals surface area (Å²) in [5, 5.41) is 7.71. The number of carbonyl (C=O) groups is 1. The lowest BCUT2D eigenvalue weighted by Gasteiger charge is -2.08. The van der Waals surface area contributed by atoms with Gasteiger partial charge in [0.25, 0.3) is 5.91 Å². The number of nitrogens with one attached hydrogen (secondary N) is 1. The molecule has 0 radical (unpaired) electrons. The number of aromatic nitrogens is 3. The second kappa shape index (κ2) is 8.39. The maximum absolute atomic E-state index is 13.0. The van der Waals surface area contributed by atoms with Gasteiger partial charge in [0.05, 0.1) is 7.11 Å². The van der Waals surface area contributed by atoms with E-state index in [1.165, 1.54) is 4.68 Å². The molecule has 6 heteroatoms. The first-order valence-corrected chi connectivity index (χ1v) is 9.23. The van der Waals surface area contributed by atoms with E-state index in [1.54, 1.807) is 19.2 Å². The molecule has 3 aromatic carbocycles. The molecule has 0 saturated carbocycles. The molecule has 0 amide bonds. The molecule has 144 valence electrons. The molecule has 4 rings (SSSR count). The summed E-state index contributed by atoms with van der Waals surface area (Å²) in [6.45, 7) is 0.478. The third kappa shape index (κ3) is 4.16. The van der Waals surface area contributed by atoms with Gasteiger partial charge in [0.2, 0.25) is 5.95 Å². The van der Waals surface area contributed by atoms with Gasteiger partial charge in [0, 0.05) is 17.7 Å². The number of ether oxygens (including phenoxy) is 1. The number of carbonyl (C=O) groups excluding carboxylic acids is 1. The first-order valence-electron chi connectivity index (χ1n) is 9.23. The van der Waals surface area contributed by atoms with Crippen LogP contribution in [0.2, 0.25) is 0 Å². The van der Waals surface area contributed by atoms with Crippen LogP contribution in [0.5, 0.6) is 5.75 Å². The standard InChI is InChI=1S/C23H20N4O2/c1-29-20-14-8-9-17(15-20)16-24-23-25-21(18-10-4-2-5-11-18)26-27(23)22(28)19-12-6-3-7-13-19/h2-15H,16H2,1H3,(H,24,25,26). The highest BCUT2D eigenvalue weighted by Gasteiger charge is 2.18. The second-order valence-corrected chi connectivity index (χ2v) is 6.41. The molecule has 0 fully saturated rings. The van der Waals surface area contributed by atoms with Gasteiger partial charge in [0.15, 0.2) is 5.82 Å². The van der Waals surface area contributed by atoms with Gasteiger partial charge < -0.3 is 10.1 Å². The van der Waals surface area contributed by atoms with Crippen LogP contribution >= 0.6 is 0 Å². The number of benzene rings is 3. The van der Waals surface area contributed by atoms with E-state index in [0.29, 0.717) is 23.9 Å². The Bertz CT molecular complexity index is 1110. The number of anilines is 1. The molecule has 4 aromatic rings. The molecule has 0 saturated heterocycles. The Balaban J connectivity index is 1.67. The van der Waals surface area contributed by atoms with E-state index < -0.39 is 0 Å². The van der Waals surface area contributed by atoms with Crippen LogP contribution in [0.3, 0.4) is 0 Å². The molecule has 0 aliphatic rings. The normalized spacial score (nSPS) is 10.5. The summed E-state index contributed by atoms with van der Waals surface area (Å²) >= 11 is 0. The van der Waals surface area contributed by atoms with E-state index in [-0.39, 0.29) is 5.91 Å². The molecule has 6 nitrogen and oxygen atoms in total. The molecule has 0 aliphatic heterocycles. The van der Waals surface area contributed by atoms with Gasteiger partial charge in [-0.2, -0.15) is 9.67 Å². The highest BCUT2D eigenvalue weighted by atomic mass is 16.5. The average Bonchev–Trinajstić information content (AvgIpc) is 3.23. The van der Waals surface area contributed by atoms with Crippen molar-refractivity contribution in [3.8, 4) is 17.1 Å². The Hall–Kier alpha value is -3.93. The third-order valence-corrected chi connectivity index (χ3v) is 4.44. The lowest BCUT2D eigenvalue weighted by Crippen LogP contribution is -2.17. The lowest BCUT2D eigenvalue weighted by molar-refractivity contribution is 0.0947. The number of rotatable bonds is 6. The predicted molar refractivity (Wildman–Crippen MR) is 112 cm³/mol. The van der Waals surface area contributed by atoms with Gasteiger partial charge in [-0.25, -0.2) is 0 Å². The van der Waals surface area contributed by atoms with E-state index in [9.17, 15) is 4.79 Å². The van der Waals surface area contributed by atoms with Crippen molar-refractivity contribution in [2.45, 2.75) is 6.54 Å². The molecule has 0 spiro atoms. The number of methoxy groups -OCH3 is 1. The van der Waals surface area contributed by atoms with E-state index in [4.69, 9.17) is 4.74 Å². The molecule has 1 aromatic heterocycles. The monoisotopic (exact) mass is 384 g/mol. The van der Waals surface area contributed by atoms with Crippen molar-refractivity contribution < 1.29 is 9.53 Å². The van der Waals surface area contributed by atoms with Crippen molar-refractivity contribution in [1.29, 1.82) is 0 Å². The van der Waals surface area contributed by atoms with Crippen LogP contribution in [0.25, 0.3) is 11.4 Å². The van der Waals surface area contributed by atoms with Gasteiger partial charge in [-0.05, 0) is 29.8 Å². The van der Waals surface area contributed by atoms with Crippen molar-refractivity contribution in [1.82, 2.24) is 14.8 Å². The Morgan fingerprint density at radius 2 is 1.69 bits per heavy atom. The lowest BCUT2D eigenvalue weighted by atomic mass is 10.2. The van der Waals surface area contributed by atoms with E-state index in [0.717, 1.165) is 16.9 Å². The minimum absolute atomic E-state index is 0.242. The summed E-state index contributed by atoms with van der Waals surface area (Å²) in [6.07, 6.45) is 0. The molecule has 0 aliphatic carbocycles. The largest absolute Gasteiger partial charge is 0.497 e. The summed E-state index contributed by atoms with van der Waals surface area (Å²) in [7, 11) is 1.63. The summed E-state index contributed by atoms with van der Waals surface area (Å²) in [6, 6.07) is 26.4. The minimum atomic E-state index is -0.242. The molecular formula is C23H20N4O2. The molecule has 29 heavy (non-hydrogen) atoms. The zero-order valence-corrected chi connectivity index (χ0v) is 15.9. The molecule has 0 atom stereocenters. The number of nitrogens with zero attached hydrogens (tertiary/aromatic N) is 3. The fourth-order valence-corrected chi connectivity index (χ4v) is 2.94. The van der Waals surface area contributed by atoms with Crippen LogP contribution in [-0.4, -0.2) is 27.8 Å². The SMILES string of the molecule is COc1cccc(CNc2nc(-c3ccccc3)nn2C(=O)c2ccccc2)c1. The van der Waals surface area contributed by atoms with Crippen LogP contribution < -0.4 is 10.1 Å². The van der Waals surface area contributed by atoms with Crippen LogP contribution in [-0.2, 0) is 6.54 Å². The quantitative estimate of drug-likeness (QED) is 0.538. The van der Waals surface area contributed by atoms with E-state index in [1.807, 2.05) is 72.8 Å². The Morgan fingerprint density at radius 1 is 0.966 bits per heavy atom. The molecular weight excluding hydrogens is 364 g/mol. The smallest absolute Gasteiger partial charge is 0.281 e. The van der Waals surface area contributed by atoms with Crippen LogP contribution in [0.15, 0.2) is 84.9 Å². The van der Waals surface area contributed by atoms with Crippen molar-refractivity contribution in [3.63, 3.8) is 0 Å². The molecule has 0 bridgehead atoms. The zero-order chi connectivity index (χ0) is 20.1. The second-order valence-electron chi connectivity index (χ2n) is 6.41. The van der Waals surface area contributed by atoms with Crippen LogP contribution in [0.1, 0.15) is 15.9 Å². The molecule has 0 unspecified atom stereocenters. The van der Waals surface area contributed by atoms with E-state index in [2.05, 4.69) is 15.4 Å². The maximum atomic E-state index is 13.0. The topological polar surface area (TPSA) is 69.0 Å². The number of hydrogen-bond donors (Lipinski definition) is 1. The summed E-state index contributed by atoms with van der Waals surface area (Å²) in [5.74, 6) is 1.41. The van der Waals surface area contributed by atoms with Crippen molar-refractivity contribution in [2.75, 3.05) is 12.4 Å². The van der Waals surface area contributed by atoms with Gasteiger partial charge >= 0.3 is 0 Å². The average molecular weight is 384 g/mol. The summed E-state index contributed by atoms with van der Waals surface area (Å²) in [5.41, 5.74) is 2.39. The van der Waals surface area contributed by atoms with Crippen molar-refractivity contribution >= 4 is 11.9 Å².